The number of piperazine rings is 1. The van der Waals surface area contributed by atoms with Gasteiger partial charge in [0.2, 0.25) is 0 Å². The van der Waals surface area contributed by atoms with Crippen molar-refractivity contribution in [1.82, 2.24) is 15.1 Å². The van der Waals surface area contributed by atoms with E-state index in [9.17, 15) is 18.0 Å². The molecular weight excluding hydrogens is 399 g/mol. The van der Waals surface area contributed by atoms with Crippen LogP contribution in [0.4, 0.5) is 24.7 Å². The molecule has 0 unspecified atom stereocenters. The van der Waals surface area contributed by atoms with Crippen LogP contribution >= 0.6 is 0 Å². The van der Waals surface area contributed by atoms with Gasteiger partial charge in [-0.2, -0.15) is 18.3 Å². The molecule has 10 heteroatoms. The molecule has 160 valence electrons. The van der Waals surface area contributed by atoms with Crippen molar-refractivity contribution in [3.8, 4) is 0 Å². The summed E-state index contributed by atoms with van der Waals surface area (Å²) in [5.41, 5.74) is 0.440. The normalized spacial score (nSPS) is 17.9. The summed E-state index contributed by atoms with van der Waals surface area (Å²) < 4.78 is 43.5. The van der Waals surface area contributed by atoms with Crippen molar-refractivity contribution in [2.75, 3.05) is 62.3 Å². The van der Waals surface area contributed by atoms with E-state index >= 15 is 0 Å². The lowest BCUT2D eigenvalue weighted by molar-refractivity contribution is -0.137. The van der Waals surface area contributed by atoms with Crippen LogP contribution < -0.4 is 9.80 Å². The fourth-order valence-corrected chi connectivity index (χ4v) is 3.62. The number of halogens is 3. The smallest absolute Gasteiger partial charge is 0.378 e. The van der Waals surface area contributed by atoms with Gasteiger partial charge in [-0.25, -0.2) is 0 Å². The number of rotatable bonds is 3. The molecule has 4 rings (SSSR count). The molecule has 1 amide bonds. The van der Waals surface area contributed by atoms with Gasteiger partial charge in [-0.15, -0.1) is 5.10 Å². The number of hydrogen-bond acceptors (Lipinski definition) is 6. The number of carbonyl (C=O) groups excluding carboxylic acids is 1. The predicted octanol–water partition coefficient (Wildman–Crippen LogP) is 2.29. The second kappa shape index (κ2) is 8.47. The van der Waals surface area contributed by atoms with E-state index in [1.807, 2.05) is 6.07 Å². The predicted molar refractivity (Wildman–Crippen MR) is 105 cm³/mol. The van der Waals surface area contributed by atoms with Crippen LogP contribution in [0, 0.1) is 0 Å². The van der Waals surface area contributed by atoms with Crippen LogP contribution in [0.15, 0.2) is 36.5 Å². The number of anilines is 2. The number of ether oxygens (including phenoxy) is 1. The van der Waals surface area contributed by atoms with Gasteiger partial charge in [-0.3, -0.25) is 4.79 Å². The molecule has 30 heavy (non-hydrogen) atoms. The van der Waals surface area contributed by atoms with Gasteiger partial charge in [0.05, 0.1) is 30.7 Å². The Morgan fingerprint density at radius 1 is 0.933 bits per heavy atom. The monoisotopic (exact) mass is 421 g/mol. The van der Waals surface area contributed by atoms with E-state index in [0.29, 0.717) is 39.4 Å². The van der Waals surface area contributed by atoms with E-state index in [1.165, 1.54) is 12.1 Å². The Morgan fingerprint density at radius 3 is 2.23 bits per heavy atom. The number of hydrogen-bond donors (Lipinski definition) is 0. The molecule has 2 aromatic rings. The Morgan fingerprint density at radius 2 is 1.60 bits per heavy atom. The number of aromatic nitrogens is 2. The van der Waals surface area contributed by atoms with Gasteiger partial charge in [0.25, 0.3) is 5.91 Å². The molecule has 2 aliphatic rings. The molecule has 1 aromatic heterocycles. The summed E-state index contributed by atoms with van der Waals surface area (Å²) in [4.78, 5) is 18.6. The number of alkyl halides is 3. The van der Waals surface area contributed by atoms with Crippen molar-refractivity contribution in [3.05, 3.63) is 47.7 Å². The number of amides is 1. The summed E-state index contributed by atoms with van der Waals surface area (Å²) in [5.74, 6) is 0.546. The van der Waals surface area contributed by atoms with Crippen LogP contribution in [0.3, 0.4) is 0 Å². The van der Waals surface area contributed by atoms with Crippen LogP contribution in [0.5, 0.6) is 0 Å². The van der Waals surface area contributed by atoms with Crippen molar-refractivity contribution in [2.24, 2.45) is 0 Å². The first-order chi connectivity index (χ1) is 14.4. The van der Waals surface area contributed by atoms with E-state index in [1.54, 1.807) is 11.1 Å². The van der Waals surface area contributed by atoms with Gasteiger partial charge >= 0.3 is 6.18 Å². The van der Waals surface area contributed by atoms with Crippen molar-refractivity contribution in [3.63, 3.8) is 0 Å². The highest BCUT2D eigenvalue weighted by atomic mass is 19.4. The van der Waals surface area contributed by atoms with Crippen LogP contribution in [-0.2, 0) is 10.9 Å². The molecule has 0 N–H and O–H groups in total. The Labute approximate surface area is 172 Å². The van der Waals surface area contributed by atoms with Crippen molar-refractivity contribution < 1.29 is 22.7 Å². The third-order valence-electron chi connectivity index (χ3n) is 5.35. The number of nitrogens with zero attached hydrogens (tertiary/aromatic N) is 5. The molecule has 0 atom stereocenters. The molecule has 0 bridgehead atoms. The molecule has 2 fully saturated rings. The highest BCUT2D eigenvalue weighted by Crippen LogP contribution is 2.29. The van der Waals surface area contributed by atoms with Gasteiger partial charge in [-0.05, 0) is 24.3 Å². The van der Waals surface area contributed by atoms with E-state index in [4.69, 9.17) is 4.74 Å². The first-order valence-electron chi connectivity index (χ1n) is 9.79. The molecule has 0 radical (unpaired) electrons. The number of carbonyl (C=O) groups is 1. The summed E-state index contributed by atoms with van der Waals surface area (Å²) in [6, 6.07) is 6.35. The minimum atomic E-state index is -4.41. The van der Waals surface area contributed by atoms with Crippen molar-refractivity contribution in [2.45, 2.75) is 6.18 Å². The van der Waals surface area contributed by atoms with E-state index in [2.05, 4.69) is 20.0 Å². The highest BCUT2D eigenvalue weighted by Gasteiger charge is 2.31. The minimum absolute atomic E-state index is 0.259. The Balaban J connectivity index is 1.37. The lowest BCUT2D eigenvalue weighted by Crippen LogP contribution is -2.49. The quantitative estimate of drug-likeness (QED) is 0.758. The lowest BCUT2D eigenvalue weighted by Gasteiger charge is -2.36. The Kier molecular flexibility index (Phi) is 5.76. The minimum Gasteiger partial charge on any atom is -0.378 e. The molecular formula is C20H22F3N5O2. The zero-order valence-corrected chi connectivity index (χ0v) is 16.3. The van der Waals surface area contributed by atoms with Gasteiger partial charge in [-0.1, -0.05) is 0 Å². The van der Waals surface area contributed by atoms with Crippen LogP contribution in [0.25, 0.3) is 0 Å². The van der Waals surface area contributed by atoms with Crippen molar-refractivity contribution >= 4 is 17.4 Å². The highest BCUT2D eigenvalue weighted by molar-refractivity contribution is 5.94. The van der Waals surface area contributed by atoms with Gasteiger partial charge in [0, 0.05) is 50.9 Å². The second-order valence-corrected chi connectivity index (χ2v) is 7.23. The van der Waals surface area contributed by atoms with Gasteiger partial charge in [0.1, 0.15) is 0 Å². The molecule has 0 spiro atoms. The maximum absolute atomic E-state index is 12.7. The lowest BCUT2D eigenvalue weighted by atomic mass is 10.1. The van der Waals surface area contributed by atoms with Crippen LogP contribution in [-0.4, -0.2) is 73.5 Å². The molecule has 2 aliphatic heterocycles. The third kappa shape index (κ3) is 4.48. The molecule has 3 heterocycles. The second-order valence-electron chi connectivity index (χ2n) is 7.23. The summed E-state index contributed by atoms with van der Waals surface area (Å²) in [7, 11) is 0. The number of morpholine rings is 1. The van der Waals surface area contributed by atoms with Gasteiger partial charge < -0.3 is 19.4 Å². The molecule has 0 aliphatic carbocycles. The standard InChI is InChI=1S/C20H22F3N5O2/c21-20(22,23)16-3-1-15(2-4-16)19(29)28-7-5-26(6-8-28)17-13-18(25-24-14-17)27-9-11-30-12-10-27/h1-4,13-14H,5-12H2. The summed E-state index contributed by atoms with van der Waals surface area (Å²) >= 11 is 0. The fourth-order valence-electron chi connectivity index (χ4n) is 3.62. The van der Waals surface area contributed by atoms with E-state index in [-0.39, 0.29) is 11.5 Å². The molecule has 7 nitrogen and oxygen atoms in total. The van der Waals surface area contributed by atoms with Crippen molar-refractivity contribution in [1.29, 1.82) is 0 Å². The first-order valence-corrected chi connectivity index (χ1v) is 9.79. The van der Waals surface area contributed by atoms with Crippen LogP contribution in [0.2, 0.25) is 0 Å². The van der Waals surface area contributed by atoms with E-state index < -0.39 is 11.7 Å². The third-order valence-corrected chi connectivity index (χ3v) is 5.35. The average molecular weight is 421 g/mol. The average Bonchev–Trinajstić information content (AvgIpc) is 2.79. The zero-order valence-electron chi connectivity index (χ0n) is 16.3. The Hall–Kier alpha value is -2.88. The summed E-state index contributed by atoms with van der Waals surface area (Å²) in [6.07, 6.45) is -2.71. The summed E-state index contributed by atoms with van der Waals surface area (Å²) in [6.45, 7) is 5.06. The molecule has 0 saturated carbocycles. The Bertz CT molecular complexity index is 877. The molecule has 2 saturated heterocycles. The fraction of sp³-hybridized carbons (Fsp3) is 0.450. The summed E-state index contributed by atoms with van der Waals surface area (Å²) in [5, 5.41) is 8.33. The maximum atomic E-state index is 12.7. The van der Waals surface area contributed by atoms with Crippen LogP contribution in [0.1, 0.15) is 15.9 Å². The number of benzene rings is 1. The first kappa shape index (κ1) is 20.4. The SMILES string of the molecule is O=C(c1ccc(C(F)(F)F)cc1)N1CCN(c2cnnc(N3CCOCC3)c2)CC1. The zero-order chi connectivity index (χ0) is 21.1. The largest absolute Gasteiger partial charge is 0.416 e. The maximum Gasteiger partial charge on any atom is 0.416 e. The topological polar surface area (TPSA) is 61.8 Å². The molecule has 1 aromatic carbocycles. The van der Waals surface area contributed by atoms with E-state index in [0.717, 1.165) is 36.7 Å². The van der Waals surface area contributed by atoms with Gasteiger partial charge in [0.15, 0.2) is 5.82 Å².